The number of pyridine rings is 1. The van der Waals surface area contributed by atoms with Gasteiger partial charge in [0.25, 0.3) is 5.92 Å². The molecule has 36 heavy (non-hydrogen) atoms. The average molecular weight is 542 g/mol. The third-order valence-electron chi connectivity index (χ3n) is 7.17. The van der Waals surface area contributed by atoms with Crippen molar-refractivity contribution >= 4 is 31.7 Å². The van der Waals surface area contributed by atoms with Crippen molar-refractivity contribution in [2.45, 2.75) is 25.8 Å². The molecule has 1 aromatic heterocycles. The van der Waals surface area contributed by atoms with E-state index in [1.54, 1.807) is 12.1 Å². The second kappa shape index (κ2) is 8.61. The zero-order valence-corrected chi connectivity index (χ0v) is 22.0. The summed E-state index contributed by atoms with van der Waals surface area (Å²) in [6.45, 7) is 4.49. The van der Waals surface area contributed by atoms with Crippen LogP contribution in [0.4, 0.5) is 20.3 Å². The van der Waals surface area contributed by atoms with Gasteiger partial charge in [0.1, 0.15) is 0 Å². The van der Waals surface area contributed by atoms with Gasteiger partial charge in [0.15, 0.2) is 5.82 Å². The topological polar surface area (TPSA) is 94.1 Å². The Kier molecular flexibility index (Phi) is 6.05. The van der Waals surface area contributed by atoms with Crippen molar-refractivity contribution in [3.05, 3.63) is 41.5 Å². The van der Waals surface area contributed by atoms with E-state index in [9.17, 15) is 25.6 Å². The summed E-state index contributed by atoms with van der Waals surface area (Å²) in [5.74, 6) is -3.58. The number of aryl methyl sites for hydroxylation is 1. The normalized spacial score (nSPS) is 23.6. The van der Waals surface area contributed by atoms with Gasteiger partial charge in [-0.15, -0.1) is 0 Å². The predicted molar refractivity (Wildman–Crippen MR) is 134 cm³/mol. The number of benzene rings is 1. The van der Waals surface area contributed by atoms with Gasteiger partial charge in [-0.3, -0.25) is 4.90 Å². The Morgan fingerprint density at radius 2 is 1.78 bits per heavy atom. The van der Waals surface area contributed by atoms with E-state index in [-0.39, 0.29) is 18.8 Å². The molecule has 1 aliphatic carbocycles. The molecule has 1 saturated heterocycles. The van der Waals surface area contributed by atoms with Crippen LogP contribution in [0.5, 0.6) is 0 Å². The minimum atomic E-state index is -3.96. The van der Waals surface area contributed by atoms with Gasteiger partial charge in [-0.2, -0.15) is 12.7 Å². The first-order chi connectivity index (χ1) is 16.8. The van der Waals surface area contributed by atoms with Gasteiger partial charge in [0.2, 0.25) is 10.0 Å². The van der Waals surface area contributed by atoms with E-state index in [2.05, 4.69) is 9.88 Å². The molecule has 0 N–H and O–H groups in total. The van der Waals surface area contributed by atoms with Crippen molar-refractivity contribution in [2.75, 3.05) is 54.6 Å². The zero-order valence-electron chi connectivity index (χ0n) is 20.4. The molecular weight excluding hydrogens is 512 g/mol. The van der Waals surface area contributed by atoms with E-state index in [4.69, 9.17) is 0 Å². The quantitative estimate of drug-likeness (QED) is 0.557. The second-order valence-corrected chi connectivity index (χ2v) is 13.7. The van der Waals surface area contributed by atoms with Gasteiger partial charge >= 0.3 is 10.2 Å². The average Bonchev–Trinajstić information content (AvgIpc) is 3.37. The molecule has 0 bridgehead atoms. The summed E-state index contributed by atoms with van der Waals surface area (Å²) in [6, 6.07) is 9.37. The molecule has 1 unspecified atom stereocenters. The molecule has 2 aliphatic heterocycles. The van der Waals surface area contributed by atoms with Gasteiger partial charge in [-0.25, -0.2) is 30.8 Å². The van der Waals surface area contributed by atoms with Crippen LogP contribution in [0.3, 0.4) is 0 Å². The van der Waals surface area contributed by atoms with Crippen LogP contribution >= 0.6 is 0 Å². The molecule has 3 heterocycles. The summed E-state index contributed by atoms with van der Waals surface area (Å²) in [5, 5.41) is 0. The standard InChI is InChI=1S/C23H29F2N5O4S2/c1-16-4-5-17(14-28-8-10-29(11-9-28)35(3,31)32)12-19(16)20-6-7-21-22(26-20)27(2)36(33,34)30(21)15-18-13-23(18,24)25/h4-7,12,18H,8-11,13-15H2,1-3H3. The van der Waals surface area contributed by atoms with E-state index in [0.29, 0.717) is 44.1 Å². The van der Waals surface area contributed by atoms with Gasteiger partial charge in [0.05, 0.1) is 17.6 Å². The van der Waals surface area contributed by atoms with Crippen LogP contribution in [0.25, 0.3) is 11.3 Å². The monoisotopic (exact) mass is 541 g/mol. The number of rotatable bonds is 6. The largest absolute Gasteiger partial charge is 0.327 e. The Morgan fingerprint density at radius 3 is 2.39 bits per heavy atom. The number of sulfonamides is 1. The number of alkyl halides is 2. The molecule has 0 spiro atoms. The van der Waals surface area contributed by atoms with E-state index >= 15 is 0 Å². The summed E-state index contributed by atoms with van der Waals surface area (Å²) in [5.41, 5.74) is 3.75. The maximum absolute atomic E-state index is 13.5. The van der Waals surface area contributed by atoms with Crippen molar-refractivity contribution < 1.29 is 25.6 Å². The highest BCUT2D eigenvalue weighted by Crippen LogP contribution is 2.51. The third-order valence-corrected chi connectivity index (χ3v) is 10.2. The Hall–Kier alpha value is -2.35. The van der Waals surface area contributed by atoms with Gasteiger partial charge < -0.3 is 0 Å². The fourth-order valence-corrected chi connectivity index (χ4v) is 7.01. The number of halogens is 2. The van der Waals surface area contributed by atoms with Crippen LogP contribution in [0, 0.1) is 12.8 Å². The second-order valence-electron chi connectivity index (χ2n) is 9.80. The maximum atomic E-state index is 13.5. The molecule has 5 rings (SSSR count). The van der Waals surface area contributed by atoms with Gasteiger partial charge in [-0.1, -0.05) is 12.1 Å². The SMILES string of the molecule is Cc1ccc(CN2CCN(S(C)(=O)=O)CC2)cc1-c1ccc2c(n1)N(C)S(=O)(=O)N2CC1CC1(F)F. The molecule has 1 atom stereocenters. The number of piperazine rings is 1. The van der Waals surface area contributed by atoms with Crippen molar-refractivity contribution in [1.29, 1.82) is 0 Å². The fourth-order valence-electron chi connectivity index (χ4n) is 4.78. The van der Waals surface area contributed by atoms with Crippen molar-refractivity contribution in [3.63, 3.8) is 0 Å². The molecule has 13 heteroatoms. The molecule has 196 valence electrons. The summed E-state index contributed by atoms with van der Waals surface area (Å²) in [6.07, 6.45) is 0.917. The minimum absolute atomic E-state index is 0.221. The van der Waals surface area contributed by atoms with Gasteiger partial charge in [0, 0.05) is 64.2 Å². The Bertz CT molecular complexity index is 1410. The lowest BCUT2D eigenvalue weighted by Gasteiger charge is -2.33. The summed E-state index contributed by atoms with van der Waals surface area (Å²) < 4.78 is 79.9. The Balaban J connectivity index is 1.38. The maximum Gasteiger partial charge on any atom is 0.327 e. The first-order valence-electron chi connectivity index (χ1n) is 11.7. The summed E-state index contributed by atoms with van der Waals surface area (Å²) >= 11 is 0. The van der Waals surface area contributed by atoms with Crippen molar-refractivity contribution in [2.24, 2.45) is 5.92 Å². The first kappa shape index (κ1) is 25.3. The molecule has 2 fully saturated rings. The number of nitrogens with zero attached hydrogens (tertiary/aromatic N) is 5. The molecule has 0 radical (unpaired) electrons. The molecule has 2 aromatic rings. The first-order valence-corrected chi connectivity index (χ1v) is 14.9. The highest BCUT2D eigenvalue weighted by atomic mass is 32.2. The minimum Gasteiger partial charge on any atom is -0.296 e. The highest BCUT2D eigenvalue weighted by Gasteiger charge is 2.59. The molecular formula is C23H29F2N5O4S2. The van der Waals surface area contributed by atoms with Crippen LogP contribution < -0.4 is 8.61 Å². The van der Waals surface area contributed by atoms with E-state index in [1.165, 1.54) is 17.6 Å². The number of fused-ring (bicyclic) bond motifs is 1. The lowest BCUT2D eigenvalue weighted by molar-refractivity contribution is 0.101. The molecule has 9 nitrogen and oxygen atoms in total. The smallest absolute Gasteiger partial charge is 0.296 e. The van der Waals surface area contributed by atoms with E-state index in [1.807, 2.05) is 25.1 Å². The number of anilines is 2. The van der Waals surface area contributed by atoms with Gasteiger partial charge in [-0.05, 0) is 36.2 Å². The van der Waals surface area contributed by atoms with Crippen LogP contribution in [-0.4, -0.2) is 83.0 Å². The zero-order chi connectivity index (χ0) is 26.0. The lowest BCUT2D eigenvalue weighted by atomic mass is 10.0. The van der Waals surface area contributed by atoms with Crippen molar-refractivity contribution in [1.82, 2.24) is 14.2 Å². The highest BCUT2D eigenvalue weighted by molar-refractivity contribution is 7.94. The van der Waals surface area contributed by atoms with E-state index < -0.39 is 32.1 Å². The number of hydrogen-bond acceptors (Lipinski definition) is 6. The van der Waals surface area contributed by atoms with Crippen LogP contribution in [0.1, 0.15) is 17.5 Å². The summed E-state index contributed by atoms with van der Waals surface area (Å²) in [4.78, 5) is 6.82. The molecule has 3 aliphatic rings. The van der Waals surface area contributed by atoms with Crippen molar-refractivity contribution in [3.8, 4) is 11.3 Å². The molecule has 1 saturated carbocycles. The van der Waals surface area contributed by atoms with E-state index in [0.717, 1.165) is 25.3 Å². The fraction of sp³-hybridized carbons (Fsp3) is 0.522. The molecule has 0 amide bonds. The number of hydrogen-bond donors (Lipinski definition) is 0. The number of aromatic nitrogens is 1. The lowest BCUT2D eigenvalue weighted by Crippen LogP contribution is -2.47. The predicted octanol–water partition coefficient (Wildman–Crippen LogP) is 2.29. The van der Waals surface area contributed by atoms with Crippen LogP contribution in [-0.2, 0) is 26.8 Å². The summed E-state index contributed by atoms with van der Waals surface area (Å²) in [7, 11) is -5.77. The molecule has 1 aromatic carbocycles. The Labute approximate surface area is 210 Å². The third kappa shape index (κ3) is 4.57. The van der Waals surface area contributed by atoms with Crippen LogP contribution in [0.15, 0.2) is 30.3 Å². The van der Waals surface area contributed by atoms with Crippen LogP contribution in [0.2, 0.25) is 0 Å². The Morgan fingerprint density at radius 1 is 1.11 bits per heavy atom.